The number of amides is 1. The van der Waals surface area contributed by atoms with Gasteiger partial charge in [-0.15, -0.1) is 0 Å². The van der Waals surface area contributed by atoms with Crippen LogP contribution in [0.2, 0.25) is 0 Å². The number of rotatable bonds is 6. The van der Waals surface area contributed by atoms with Crippen LogP contribution in [-0.4, -0.2) is 56.3 Å². The third kappa shape index (κ3) is 4.52. The molecule has 1 aromatic heterocycles. The number of sulfonamides is 1. The van der Waals surface area contributed by atoms with Crippen molar-refractivity contribution in [1.29, 1.82) is 0 Å². The van der Waals surface area contributed by atoms with Gasteiger partial charge in [0.1, 0.15) is 6.54 Å². The lowest BCUT2D eigenvalue weighted by molar-refractivity contribution is -0.135. The van der Waals surface area contributed by atoms with Crippen LogP contribution in [-0.2, 0) is 26.1 Å². The first-order chi connectivity index (χ1) is 16.5. The molecule has 1 N–H and O–H groups in total. The molecular formula is C25H24N4O4S. The van der Waals surface area contributed by atoms with Gasteiger partial charge in [-0.1, -0.05) is 48.5 Å². The van der Waals surface area contributed by atoms with Crippen molar-refractivity contribution < 1.29 is 17.9 Å². The maximum absolute atomic E-state index is 12.8. The van der Waals surface area contributed by atoms with Crippen molar-refractivity contribution in [1.82, 2.24) is 14.3 Å². The predicted molar refractivity (Wildman–Crippen MR) is 131 cm³/mol. The minimum absolute atomic E-state index is 0.0181. The Labute approximate surface area is 197 Å². The molecule has 1 aliphatic rings. The van der Waals surface area contributed by atoms with Crippen LogP contribution in [0.25, 0.3) is 21.7 Å². The minimum Gasteiger partial charge on any atom is -0.378 e. The van der Waals surface area contributed by atoms with E-state index in [0.717, 1.165) is 21.7 Å². The molecule has 1 fully saturated rings. The van der Waals surface area contributed by atoms with Gasteiger partial charge in [-0.3, -0.25) is 4.79 Å². The first kappa shape index (κ1) is 22.1. The van der Waals surface area contributed by atoms with Crippen molar-refractivity contribution in [2.45, 2.75) is 11.4 Å². The molecule has 0 saturated carbocycles. The molecule has 5 rings (SSSR count). The summed E-state index contributed by atoms with van der Waals surface area (Å²) in [4.78, 5) is 17.0. The molecule has 3 aromatic carbocycles. The van der Waals surface area contributed by atoms with Gasteiger partial charge in [-0.2, -0.15) is 13.5 Å². The number of hydrogen-bond donors (Lipinski definition) is 1. The monoisotopic (exact) mass is 476 g/mol. The number of nitrogens with zero attached hydrogens (tertiary/aromatic N) is 3. The van der Waals surface area contributed by atoms with Gasteiger partial charge in [-0.25, -0.2) is 4.83 Å². The highest BCUT2D eigenvalue weighted by Gasteiger charge is 2.19. The molecule has 0 bridgehead atoms. The summed E-state index contributed by atoms with van der Waals surface area (Å²) in [5.41, 5.74) is 1.59. The summed E-state index contributed by atoms with van der Waals surface area (Å²) in [6.45, 7) is 2.46. The Morgan fingerprint density at radius 2 is 1.74 bits per heavy atom. The van der Waals surface area contributed by atoms with Gasteiger partial charge in [0.05, 0.1) is 24.3 Å². The predicted octanol–water partition coefficient (Wildman–Crippen LogP) is 2.97. The van der Waals surface area contributed by atoms with Crippen molar-refractivity contribution in [3.63, 3.8) is 0 Å². The molecule has 2 heterocycles. The molecule has 9 heteroatoms. The molecule has 8 nitrogen and oxygen atoms in total. The summed E-state index contributed by atoms with van der Waals surface area (Å²) in [6, 6.07) is 20.2. The number of fused-ring (bicyclic) bond motifs is 2. The smallest absolute Gasteiger partial charge is 0.276 e. The molecule has 174 valence electrons. The number of morpholine rings is 1. The van der Waals surface area contributed by atoms with Crippen molar-refractivity contribution in [3.8, 4) is 0 Å². The largest absolute Gasteiger partial charge is 0.378 e. The maximum Gasteiger partial charge on any atom is 0.276 e. The molecule has 0 aliphatic carbocycles. The van der Waals surface area contributed by atoms with Crippen molar-refractivity contribution in [2.24, 2.45) is 5.10 Å². The SMILES string of the molecule is O=C(Cn1cc(/C=N\NS(=O)(=O)c2ccc3ccccc3c2)c2ccccc21)N1CCOCC1. The highest BCUT2D eigenvalue weighted by molar-refractivity contribution is 7.89. The summed E-state index contributed by atoms with van der Waals surface area (Å²) in [7, 11) is -3.83. The highest BCUT2D eigenvalue weighted by atomic mass is 32.2. The van der Waals surface area contributed by atoms with Crippen LogP contribution < -0.4 is 4.83 Å². The summed E-state index contributed by atoms with van der Waals surface area (Å²) in [5, 5.41) is 6.69. The molecule has 0 spiro atoms. The summed E-state index contributed by atoms with van der Waals surface area (Å²) < 4.78 is 32.7. The summed E-state index contributed by atoms with van der Waals surface area (Å²) >= 11 is 0. The standard InChI is InChI=1S/C25H24N4O4S/c30-25(28-11-13-33-14-12-28)18-29-17-21(23-7-3-4-8-24(23)29)16-26-27-34(31,32)22-10-9-19-5-1-2-6-20(19)15-22/h1-10,15-17,27H,11-14,18H2/b26-16-. The van der Waals surface area contributed by atoms with Gasteiger partial charge in [0.25, 0.3) is 10.0 Å². The van der Waals surface area contributed by atoms with E-state index in [9.17, 15) is 13.2 Å². The molecule has 0 unspecified atom stereocenters. The summed E-state index contributed by atoms with van der Waals surface area (Å²) in [5.74, 6) is 0.0181. The van der Waals surface area contributed by atoms with E-state index in [2.05, 4.69) is 9.93 Å². The Balaban J connectivity index is 1.36. The van der Waals surface area contributed by atoms with Crippen molar-refractivity contribution in [3.05, 3.63) is 78.5 Å². The first-order valence-electron chi connectivity index (χ1n) is 11.0. The van der Waals surface area contributed by atoms with Crippen LogP contribution in [0, 0.1) is 0 Å². The maximum atomic E-state index is 12.8. The second kappa shape index (κ2) is 9.28. The Kier molecular flexibility index (Phi) is 6.04. The van der Waals surface area contributed by atoms with E-state index in [1.165, 1.54) is 6.21 Å². The van der Waals surface area contributed by atoms with E-state index in [1.807, 2.05) is 59.3 Å². The fourth-order valence-corrected chi connectivity index (χ4v) is 4.95. The van der Waals surface area contributed by atoms with Crippen LogP contribution in [0.4, 0.5) is 0 Å². The normalized spacial score (nSPS) is 14.8. The number of aromatic nitrogens is 1. The van der Waals surface area contributed by atoms with Crippen LogP contribution in [0.15, 0.2) is 82.9 Å². The number of hydrogen-bond acceptors (Lipinski definition) is 5. The number of carbonyl (C=O) groups is 1. The number of para-hydroxylation sites is 1. The van der Waals surface area contributed by atoms with E-state index in [0.29, 0.717) is 31.9 Å². The summed E-state index contributed by atoms with van der Waals surface area (Å²) in [6.07, 6.45) is 3.29. The van der Waals surface area contributed by atoms with Crippen LogP contribution in [0.1, 0.15) is 5.56 Å². The highest BCUT2D eigenvalue weighted by Crippen LogP contribution is 2.21. The lowest BCUT2D eigenvalue weighted by atomic mass is 10.1. The number of hydrazone groups is 1. The van der Waals surface area contributed by atoms with Gasteiger partial charge >= 0.3 is 0 Å². The average molecular weight is 477 g/mol. The zero-order chi connectivity index (χ0) is 23.5. The van der Waals surface area contributed by atoms with Gasteiger partial charge in [0, 0.05) is 35.8 Å². The van der Waals surface area contributed by atoms with E-state index < -0.39 is 10.0 Å². The van der Waals surface area contributed by atoms with Gasteiger partial charge < -0.3 is 14.2 Å². The minimum atomic E-state index is -3.83. The zero-order valence-corrected chi connectivity index (χ0v) is 19.2. The Hall–Kier alpha value is -3.69. The molecule has 4 aromatic rings. The topological polar surface area (TPSA) is 93.0 Å². The number of benzene rings is 3. The Bertz CT molecular complexity index is 1490. The number of carbonyl (C=O) groups excluding carboxylic acids is 1. The van der Waals surface area contributed by atoms with E-state index in [4.69, 9.17) is 4.74 Å². The van der Waals surface area contributed by atoms with Crippen LogP contribution in [0.5, 0.6) is 0 Å². The quantitative estimate of drug-likeness (QED) is 0.342. The molecule has 1 amide bonds. The Morgan fingerprint density at radius 1 is 1.00 bits per heavy atom. The van der Waals surface area contributed by atoms with Crippen molar-refractivity contribution >= 4 is 43.8 Å². The second-order valence-corrected chi connectivity index (χ2v) is 9.75. The molecule has 34 heavy (non-hydrogen) atoms. The zero-order valence-electron chi connectivity index (χ0n) is 18.4. The van der Waals surface area contributed by atoms with Crippen molar-refractivity contribution in [2.75, 3.05) is 26.3 Å². The van der Waals surface area contributed by atoms with Crippen LogP contribution in [0.3, 0.4) is 0 Å². The number of nitrogens with one attached hydrogen (secondary N) is 1. The van der Waals surface area contributed by atoms with E-state index >= 15 is 0 Å². The fraction of sp³-hybridized carbons (Fsp3) is 0.200. The molecule has 1 saturated heterocycles. The Morgan fingerprint density at radius 3 is 2.56 bits per heavy atom. The lowest BCUT2D eigenvalue weighted by Gasteiger charge is -2.27. The average Bonchev–Trinajstić information content (AvgIpc) is 3.21. The molecule has 1 aliphatic heterocycles. The van der Waals surface area contributed by atoms with Crippen LogP contribution >= 0.6 is 0 Å². The molecule has 0 atom stereocenters. The van der Waals surface area contributed by atoms with E-state index in [1.54, 1.807) is 23.1 Å². The lowest BCUT2D eigenvalue weighted by Crippen LogP contribution is -2.42. The van der Waals surface area contributed by atoms with E-state index in [-0.39, 0.29) is 17.3 Å². The molecular weight excluding hydrogens is 452 g/mol. The van der Waals surface area contributed by atoms with Gasteiger partial charge in [-0.05, 0) is 29.0 Å². The fourth-order valence-electron chi connectivity index (χ4n) is 4.12. The third-order valence-electron chi connectivity index (χ3n) is 5.90. The molecule has 0 radical (unpaired) electrons. The first-order valence-corrected chi connectivity index (χ1v) is 12.5. The number of ether oxygens (including phenoxy) is 1. The van der Waals surface area contributed by atoms with Gasteiger partial charge in [0.15, 0.2) is 0 Å². The van der Waals surface area contributed by atoms with Gasteiger partial charge in [0.2, 0.25) is 5.91 Å². The second-order valence-electron chi connectivity index (χ2n) is 8.08. The third-order valence-corrected chi connectivity index (χ3v) is 7.12.